The number of aromatic nitrogens is 1. The van der Waals surface area contributed by atoms with E-state index < -0.39 is 0 Å². The number of unbranched alkanes of at least 4 members (excludes halogenated alkanes) is 6. The highest BCUT2D eigenvalue weighted by molar-refractivity contribution is 5.83. The van der Waals surface area contributed by atoms with Crippen LogP contribution in [0.5, 0.6) is 0 Å². The third kappa shape index (κ3) is 5.89. The molecule has 2 rings (SSSR count). The Morgan fingerprint density at radius 3 is 2.46 bits per heavy atom. The molecule has 1 atom stereocenters. The summed E-state index contributed by atoms with van der Waals surface area (Å²) in [6, 6.07) is 8.67. The average Bonchev–Trinajstić information content (AvgIpc) is 3.07. The number of H-pyrrole nitrogens is 1. The van der Waals surface area contributed by atoms with Gasteiger partial charge in [0.1, 0.15) is 0 Å². The summed E-state index contributed by atoms with van der Waals surface area (Å²) in [5.41, 5.74) is 2.48. The van der Waals surface area contributed by atoms with Gasteiger partial charge in [0.05, 0.1) is 0 Å². The Bertz CT molecular complexity index is 661. The summed E-state index contributed by atoms with van der Waals surface area (Å²) in [5.74, 6) is 0.297. The molecule has 0 unspecified atom stereocenters. The number of rotatable bonds is 12. The number of hydrogen-bond donors (Lipinski definition) is 1. The highest BCUT2D eigenvalue weighted by Gasteiger charge is 2.19. The number of fused-ring (bicyclic) bond motifs is 1. The molecule has 1 amide bonds. The first kappa shape index (κ1) is 20.5. The second kappa shape index (κ2) is 11.1. The summed E-state index contributed by atoms with van der Waals surface area (Å²) in [4.78, 5) is 17.9. The van der Waals surface area contributed by atoms with Crippen LogP contribution in [0.15, 0.2) is 30.5 Å². The monoisotopic (exact) mass is 356 g/mol. The van der Waals surface area contributed by atoms with Crippen molar-refractivity contribution < 1.29 is 4.79 Å². The fourth-order valence-electron chi connectivity index (χ4n) is 3.72. The van der Waals surface area contributed by atoms with Gasteiger partial charge in [0, 0.05) is 36.6 Å². The number of carbonyl (C=O) groups is 1. The number of nitrogens with zero attached hydrogens (tertiary/aromatic N) is 1. The molecular formula is C23H36N2O. The summed E-state index contributed by atoms with van der Waals surface area (Å²) in [6.07, 6.45) is 13.5. The van der Waals surface area contributed by atoms with Gasteiger partial charge in [0.2, 0.25) is 5.91 Å². The van der Waals surface area contributed by atoms with Crippen LogP contribution < -0.4 is 0 Å². The molecule has 1 aromatic carbocycles. The minimum atomic E-state index is 0.270. The molecule has 0 aliphatic carbocycles. The molecule has 0 aliphatic heterocycles. The molecular weight excluding hydrogens is 320 g/mol. The number of carbonyl (C=O) groups excluding carboxylic acids is 1. The molecule has 0 fully saturated rings. The van der Waals surface area contributed by atoms with Crippen molar-refractivity contribution in [3.63, 3.8) is 0 Å². The van der Waals surface area contributed by atoms with Gasteiger partial charge in [-0.1, -0.05) is 70.6 Å². The molecule has 0 bridgehead atoms. The van der Waals surface area contributed by atoms with Gasteiger partial charge in [-0.3, -0.25) is 4.79 Å². The molecule has 3 heteroatoms. The first-order valence-corrected chi connectivity index (χ1v) is 10.5. The van der Waals surface area contributed by atoms with Crippen LogP contribution in [0.4, 0.5) is 0 Å². The second-order valence-electron chi connectivity index (χ2n) is 7.50. The summed E-state index contributed by atoms with van der Waals surface area (Å²) >= 11 is 0. The second-order valence-corrected chi connectivity index (χ2v) is 7.50. The highest BCUT2D eigenvalue weighted by Crippen LogP contribution is 2.21. The van der Waals surface area contributed by atoms with Crippen LogP contribution in [0.25, 0.3) is 10.9 Å². The van der Waals surface area contributed by atoms with Gasteiger partial charge < -0.3 is 9.88 Å². The van der Waals surface area contributed by atoms with Gasteiger partial charge in [-0.15, -0.1) is 0 Å². The minimum Gasteiger partial charge on any atom is -0.361 e. The normalized spacial score (nSPS) is 12.4. The zero-order valence-corrected chi connectivity index (χ0v) is 16.9. The molecule has 26 heavy (non-hydrogen) atoms. The van der Waals surface area contributed by atoms with E-state index in [4.69, 9.17) is 0 Å². The maximum Gasteiger partial charge on any atom is 0.222 e. The number of nitrogens with one attached hydrogen (secondary N) is 1. The topological polar surface area (TPSA) is 36.1 Å². The van der Waals surface area contributed by atoms with Crippen molar-refractivity contribution >= 4 is 16.8 Å². The predicted octanol–water partition coefficient (Wildman–Crippen LogP) is 6.09. The molecule has 0 spiro atoms. The average molecular weight is 357 g/mol. The minimum absolute atomic E-state index is 0.270. The Morgan fingerprint density at radius 1 is 1.04 bits per heavy atom. The van der Waals surface area contributed by atoms with E-state index in [0.29, 0.717) is 12.3 Å². The van der Waals surface area contributed by atoms with E-state index >= 15 is 0 Å². The van der Waals surface area contributed by atoms with Crippen molar-refractivity contribution in [2.45, 2.75) is 84.1 Å². The lowest BCUT2D eigenvalue weighted by atomic mass is 10.0. The summed E-state index contributed by atoms with van der Waals surface area (Å²) in [7, 11) is 1.98. The third-order valence-electron chi connectivity index (χ3n) is 5.54. The number of hydrogen-bond acceptors (Lipinski definition) is 1. The highest BCUT2D eigenvalue weighted by atomic mass is 16.2. The van der Waals surface area contributed by atoms with E-state index in [1.807, 2.05) is 11.9 Å². The molecule has 2 aromatic rings. The third-order valence-corrected chi connectivity index (χ3v) is 5.54. The lowest BCUT2D eigenvalue weighted by Crippen LogP contribution is -2.38. The zero-order valence-electron chi connectivity index (χ0n) is 16.9. The number of para-hydroxylation sites is 1. The summed E-state index contributed by atoms with van der Waals surface area (Å²) in [6.45, 7) is 4.42. The number of benzene rings is 1. The lowest BCUT2D eigenvalue weighted by molar-refractivity contribution is -0.132. The first-order valence-electron chi connectivity index (χ1n) is 10.5. The molecule has 3 nitrogen and oxygen atoms in total. The SMILES string of the molecule is CCCCCCCCCC(=O)N(C)[C@H](CC)Cc1c[nH]c2ccccc12. The van der Waals surface area contributed by atoms with E-state index in [1.165, 1.54) is 55.0 Å². The number of likely N-dealkylation sites (N-methyl/N-ethyl adjacent to an activating group) is 1. The van der Waals surface area contributed by atoms with Crippen molar-refractivity contribution in [2.24, 2.45) is 0 Å². The summed E-state index contributed by atoms with van der Waals surface area (Å²) < 4.78 is 0. The summed E-state index contributed by atoms with van der Waals surface area (Å²) in [5, 5.41) is 1.28. The standard InChI is InChI=1S/C23H36N2O/c1-4-6-7-8-9-10-11-16-23(26)25(3)20(5-2)17-19-18-24-22-15-13-12-14-21(19)22/h12-15,18,20,24H,4-11,16-17H2,1-3H3/t20-/m1/s1. The van der Waals surface area contributed by atoms with Gasteiger partial charge in [-0.2, -0.15) is 0 Å². The van der Waals surface area contributed by atoms with Crippen LogP contribution in [0.3, 0.4) is 0 Å². The Kier molecular flexibility index (Phi) is 8.73. The van der Waals surface area contributed by atoms with Crippen LogP contribution in [0.2, 0.25) is 0 Å². The number of aromatic amines is 1. The predicted molar refractivity (Wildman–Crippen MR) is 111 cm³/mol. The Balaban J connectivity index is 1.80. The fraction of sp³-hybridized carbons (Fsp3) is 0.609. The Labute approximate surface area is 159 Å². The van der Waals surface area contributed by atoms with E-state index in [1.54, 1.807) is 0 Å². The first-order chi connectivity index (χ1) is 12.7. The molecule has 144 valence electrons. The smallest absolute Gasteiger partial charge is 0.222 e. The van der Waals surface area contributed by atoms with Crippen molar-refractivity contribution in [3.05, 3.63) is 36.0 Å². The van der Waals surface area contributed by atoms with Crippen LogP contribution >= 0.6 is 0 Å². The van der Waals surface area contributed by atoms with E-state index in [-0.39, 0.29) is 6.04 Å². The number of amides is 1. The van der Waals surface area contributed by atoms with Gasteiger partial charge in [-0.05, 0) is 30.9 Å². The molecule has 0 aliphatic rings. The molecule has 0 radical (unpaired) electrons. The van der Waals surface area contributed by atoms with E-state index in [2.05, 4.69) is 49.3 Å². The van der Waals surface area contributed by atoms with Crippen LogP contribution in [-0.4, -0.2) is 28.9 Å². The largest absolute Gasteiger partial charge is 0.361 e. The van der Waals surface area contributed by atoms with Crippen LogP contribution in [0, 0.1) is 0 Å². The van der Waals surface area contributed by atoms with Gasteiger partial charge in [-0.25, -0.2) is 0 Å². The van der Waals surface area contributed by atoms with E-state index in [0.717, 1.165) is 19.3 Å². The Hall–Kier alpha value is -1.77. The molecule has 0 saturated heterocycles. The Morgan fingerprint density at radius 2 is 1.73 bits per heavy atom. The fourth-order valence-corrected chi connectivity index (χ4v) is 3.72. The van der Waals surface area contributed by atoms with Gasteiger partial charge in [0.25, 0.3) is 0 Å². The van der Waals surface area contributed by atoms with Crippen molar-refractivity contribution in [2.75, 3.05) is 7.05 Å². The van der Waals surface area contributed by atoms with E-state index in [9.17, 15) is 4.79 Å². The van der Waals surface area contributed by atoms with Crippen LogP contribution in [-0.2, 0) is 11.2 Å². The van der Waals surface area contributed by atoms with Crippen LogP contribution in [0.1, 0.15) is 77.2 Å². The molecule has 1 N–H and O–H groups in total. The maximum absolute atomic E-state index is 12.6. The van der Waals surface area contributed by atoms with Gasteiger partial charge in [0.15, 0.2) is 0 Å². The van der Waals surface area contributed by atoms with Crippen molar-refractivity contribution in [1.29, 1.82) is 0 Å². The molecule has 0 saturated carbocycles. The van der Waals surface area contributed by atoms with Gasteiger partial charge >= 0.3 is 0 Å². The lowest BCUT2D eigenvalue weighted by Gasteiger charge is -2.27. The quantitative estimate of drug-likeness (QED) is 0.459. The zero-order chi connectivity index (χ0) is 18.8. The molecule has 1 heterocycles. The maximum atomic E-state index is 12.6. The molecule has 1 aromatic heterocycles. The van der Waals surface area contributed by atoms with Crippen molar-refractivity contribution in [3.8, 4) is 0 Å². The van der Waals surface area contributed by atoms with Crippen molar-refractivity contribution in [1.82, 2.24) is 9.88 Å².